The van der Waals surface area contributed by atoms with E-state index in [1.165, 1.54) is 10.8 Å². The Morgan fingerprint density at radius 3 is 1.55 bits per heavy atom. The lowest BCUT2D eigenvalue weighted by Gasteiger charge is -2.12. The zero-order valence-electron chi connectivity index (χ0n) is 34.4. The van der Waals surface area contributed by atoms with Gasteiger partial charge in [0.2, 0.25) is 0 Å². The first-order valence-corrected chi connectivity index (χ1v) is 21.5. The molecule has 0 spiro atoms. The van der Waals surface area contributed by atoms with Gasteiger partial charge in [-0.05, 0) is 64.4 Å². The van der Waals surface area contributed by atoms with Crippen molar-refractivity contribution >= 4 is 65.4 Å². The van der Waals surface area contributed by atoms with Gasteiger partial charge in [-0.1, -0.05) is 170 Å². The average molecular weight is 818 g/mol. The number of fused-ring (bicyclic) bond motifs is 9. The largest absolute Gasteiger partial charge is 0.455 e. The Balaban J connectivity index is 0.873. The molecule has 0 radical (unpaired) electrons. The molecule has 0 bridgehead atoms. The molecule has 0 N–H and O–H groups in total. The molecule has 6 heteroatoms. The third-order valence-electron chi connectivity index (χ3n) is 12.4. The molecule has 0 aliphatic heterocycles. The van der Waals surface area contributed by atoms with Crippen molar-refractivity contribution in [2.75, 3.05) is 0 Å². The summed E-state index contributed by atoms with van der Waals surface area (Å²) >= 11 is 0. The van der Waals surface area contributed by atoms with Gasteiger partial charge in [-0.15, -0.1) is 0 Å². The minimum Gasteiger partial charge on any atom is -0.455 e. The molecule has 0 saturated carbocycles. The smallest absolute Gasteiger partial charge is 0.164 e. The van der Waals surface area contributed by atoms with Gasteiger partial charge in [0, 0.05) is 49.5 Å². The third kappa shape index (κ3) is 5.88. The number of furan rings is 1. The minimum absolute atomic E-state index is 0.611. The molecule has 0 fully saturated rings. The molecule has 0 amide bonds. The van der Waals surface area contributed by atoms with Crippen molar-refractivity contribution in [2.45, 2.75) is 0 Å². The summed E-state index contributed by atoms with van der Waals surface area (Å²) in [6.45, 7) is 0. The summed E-state index contributed by atoms with van der Waals surface area (Å²) in [4.78, 5) is 20.5. The fourth-order valence-corrected chi connectivity index (χ4v) is 9.33. The van der Waals surface area contributed by atoms with Crippen LogP contribution in [0, 0.1) is 0 Å². The number of benzene rings is 9. The number of aromatic nitrogens is 5. The van der Waals surface area contributed by atoms with Crippen molar-refractivity contribution in [3.05, 3.63) is 212 Å². The molecule has 6 nitrogen and oxygen atoms in total. The molecular formula is C58H35N5O. The van der Waals surface area contributed by atoms with Crippen molar-refractivity contribution in [2.24, 2.45) is 0 Å². The number of nitrogens with zero attached hydrogens (tertiary/aromatic N) is 5. The average Bonchev–Trinajstić information content (AvgIpc) is 3.93. The Labute approximate surface area is 367 Å². The molecule has 13 aromatic rings. The monoisotopic (exact) mass is 817 g/mol. The molecule has 4 heterocycles. The van der Waals surface area contributed by atoms with E-state index in [4.69, 9.17) is 24.4 Å². The van der Waals surface area contributed by atoms with Crippen LogP contribution in [0.4, 0.5) is 0 Å². The van der Waals surface area contributed by atoms with Gasteiger partial charge in [-0.3, -0.25) is 0 Å². The van der Waals surface area contributed by atoms with Gasteiger partial charge in [-0.25, -0.2) is 19.9 Å². The second kappa shape index (κ2) is 14.4. The molecule has 298 valence electrons. The lowest BCUT2D eigenvalue weighted by Crippen LogP contribution is -2.01. The zero-order valence-corrected chi connectivity index (χ0v) is 34.4. The van der Waals surface area contributed by atoms with Crippen LogP contribution in [0.5, 0.6) is 0 Å². The third-order valence-corrected chi connectivity index (χ3v) is 12.4. The molecule has 4 aromatic heterocycles. The van der Waals surface area contributed by atoms with Crippen molar-refractivity contribution < 1.29 is 4.42 Å². The molecule has 9 aromatic carbocycles. The predicted octanol–water partition coefficient (Wildman–Crippen LogP) is 14.9. The highest BCUT2D eigenvalue weighted by atomic mass is 16.3. The maximum atomic E-state index is 6.58. The fourth-order valence-electron chi connectivity index (χ4n) is 9.33. The summed E-state index contributed by atoms with van der Waals surface area (Å²) in [7, 11) is 0. The van der Waals surface area contributed by atoms with Crippen LogP contribution in [0.3, 0.4) is 0 Å². The molecule has 0 aliphatic carbocycles. The van der Waals surface area contributed by atoms with Gasteiger partial charge in [-0.2, -0.15) is 0 Å². The van der Waals surface area contributed by atoms with Crippen LogP contribution < -0.4 is 0 Å². The van der Waals surface area contributed by atoms with Crippen LogP contribution in [-0.4, -0.2) is 24.5 Å². The number of hydrogen-bond acceptors (Lipinski definition) is 5. The second-order valence-corrected chi connectivity index (χ2v) is 16.2. The highest BCUT2D eigenvalue weighted by molar-refractivity contribution is 6.20. The van der Waals surface area contributed by atoms with Gasteiger partial charge in [0.05, 0.1) is 27.6 Å². The van der Waals surface area contributed by atoms with E-state index in [1.807, 2.05) is 42.5 Å². The predicted molar refractivity (Wildman–Crippen MR) is 261 cm³/mol. The normalized spacial score (nSPS) is 11.8. The summed E-state index contributed by atoms with van der Waals surface area (Å²) in [6.07, 6.45) is 0. The van der Waals surface area contributed by atoms with Crippen molar-refractivity contribution in [1.82, 2.24) is 24.5 Å². The van der Waals surface area contributed by atoms with E-state index in [9.17, 15) is 0 Å². The van der Waals surface area contributed by atoms with Gasteiger partial charge >= 0.3 is 0 Å². The van der Waals surface area contributed by atoms with Crippen LogP contribution in [0.1, 0.15) is 0 Å². The topological polar surface area (TPSA) is 69.6 Å². The molecule has 0 aliphatic rings. The maximum Gasteiger partial charge on any atom is 0.164 e. The van der Waals surface area contributed by atoms with Crippen molar-refractivity contribution in [3.63, 3.8) is 0 Å². The number of pyridine rings is 1. The second-order valence-electron chi connectivity index (χ2n) is 16.2. The lowest BCUT2D eigenvalue weighted by molar-refractivity contribution is 0.672. The van der Waals surface area contributed by atoms with Crippen molar-refractivity contribution in [3.8, 4) is 62.2 Å². The summed E-state index contributed by atoms with van der Waals surface area (Å²) in [5.41, 5.74) is 12.8. The Kier molecular flexibility index (Phi) is 8.11. The highest BCUT2D eigenvalue weighted by Crippen LogP contribution is 2.41. The fraction of sp³-hybridized carbons (Fsp3) is 0. The zero-order chi connectivity index (χ0) is 42.1. The number of para-hydroxylation sites is 3. The van der Waals surface area contributed by atoms with Crippen LogP contribution in [-0.2, 0) is 0 Å². The standard InChI is InChI=1S/C58H35N5O/c1-2-13-39(14-3-1)56-60-57(62-58(61-56)43-17-12-18-44(33-43)63-50-22-9-6-19-45(50)46-20-7-10-23-51(46)63)40-31-27-37(28-32-40)36-25-29-38(30-26-36)54-53-47-21-8-11-24-52(47)64-55(53)48-34-41-15-4-5-16-42(41)35-49(48)59-54/h1-35H. The summed E-state index contributed by atoms with van der Waals surface area (Å²) in [5.74, 6) is 1.85. The molecule has 64 heavy (non-hydrogen) atoms. The van der Waals surface area contributed by atoms with E-state index in [0.717, 1.165) is 99.4 Å². The lowest BCUT2D eigenvalue weighted by atomic mass is 9.98. The maximum absolute atomic E-state index is 6.58. The van der Waals surface area contributed by atoms with E-state index < -0.39 is 0 Å². The Hall–Kier alpha value is -8.74. The first-order chi connectivity index (χ1) is 31.7. The Morgan fingerprint density at radius 2 is 0.859 bits per heavy atom. The summed E-state index contributed by atoms with van der Waals surface area (Å²) in [5, 5.41) is 7.85. The van der Waals surface area contributed by atoms with E-state index in [0.29, 0.717) is 17.5 Å². The first-order valence-electron chi connectivity index (χ1n) is 21.5. The highest BCUT2D eigenvalue weighted by Gasteiger charge is 2.19. The molecule has 0 atom stereocenters. The van der Waals surface area contributed by atoms with Gasteiger partial charge in [0.15, 0.2) is 17.5 Å². The van der Waals surface area contributed by atoms with Gasteiger partial charge in [0.25, 0.3) is 0 Å². The quantitative estimate of drug-likeness (QED) is 0.156. The summed E-state index contributed by atoms with van der Waals surface area (Å²) < 4.78 is 8.89. The van der Waals surface area contributed by atoms with E-state index in [-0.39, 0.29) is 0 Å². The summed E-state index contributed by atoms with van der Waals surface area (Å²) in [6, 6.07) is 73.9. The Morgan fingerprint density at radius 1 is 0.344 bits per heavy atom. The SMILES string of the molecule is c1ccc(-c2nc(-c3ccc(-c4ccc(-c5nc6cc7ccccc7cc6c6oc7ccccc7c56)cc4)cc3)nc(-c3cccc(-n4c5ccccc5c5ccccc54)c3)n2)cc1. The molecule has 0 unspecified atom stereocenters. The van der Waals surface area contributed by atoms with Gasteiger partial charge in [0.1, 0.15) is 11.2 Å². The molecular weight excluding hydrogens is 783 g/mol. The number of hydrogen-bond donors (Lipinski definition) is 0. The first kappa shape index (κ1) is 36.0. The Bertz CT molecular complexity index is 3890. The van der Waals surface area contributed by atoms with Crippen LogP contribution in [0.15, 0.2) is 217 Å². The van der Waals surface area contributed by atoms with Crippen LogP contribution in [0.2, 0.25) is 0 Å². The van der Waals surface area contributed by atoms with Gasteiger partial charge < -0.3 is 8.98 Å². The van der Waals surface area contributed by atoms with E-state index in [1.54, 1.807) is 0 Å². The van der Waals surface area contributed by atoms with Crippen LogP contribution in [0.25, 0.3) is 128 Å². The molecule has 13 rings (SSSR count). The minimum atomic E-state index is 0.611. The van der Waals surface area contributed by atoms with E-state index >= 15 is 0 Å². The van der Waals surface area contributed by atoms with E-state index in [2.05, 4.69) is 174 Å². The number of rotatable bonds is 6. The molecule has 0 saturated heterocycles. The van der Waals surface area contributed by atoms with Crippen LogP contribution >= 0.6 is 0 Å². The van der Waals surface area contributed by atoms with Crippen molar-refractivity contribution in [1.29, 1.82) is 0 Å².